The molecule has 27 nitrogen and oxygen atoms in total. The fourth-order valence-corrected chi connectivity index (χ4v) is 14.5. The molecule has 0 aliphatic heterocycles. The van der Waals surface area contributed by atoms with Gasteiger partial charge >= 0.3 is 47.8 Å². The van der Waals surface area contributed by atoms with Gasteiger partial charge in [0.15, 0.2) is 0 Å². The molecular weight excluding hydrogens is 1500 g/mol. The Kier molecular flexibility index (Phi) is 45.9. The van der Waals surface area contributed by atoms with Crippen LogP contribution < -0.4 is 37.2 Å². The molecular formula is C81H142Cl3N4O23+. The third-order valence-electron chi connectivity index (χ3n) is 19.5. The van der Waals surface area contributed by atoms with Gasteiger partial charge in [-0.25, -0.2) is 0 Å². The Morgan fingerprint density at radius 2 is 0.757 bits per heavy atom. The number of benzene rings is 2. The smallest absolute Gasteiger partial charge is 0.312 e. The van der Waals surface area contributed by atoms with Crippen LogP contribution in [0.2, 0.25) is 0 Å². The van der Waals surface area contributed by atoms with E-state index in [1.807, 2.05) is 105 Å². The van der Waals surface area contributed by atoms with Crippen LogP contribution in [0.5, 0.6) is 0 Å². The van der Waals surface area contributed by atoms with Crippen LogP contribution >= 0.6 is 0 Å². The van der Waals surface area contributed by atoms with Crippen molar-refractivity contribution in [2.24, 2.45) is 56.2 Å². The molecule has 0 saturated heterocycles. The van der Waals surface area contributed by atoms with Crippen LogP contribution in [0, 0.1) is 56.2 Å². The van der Waals surface area contributed by atoms with Crippen molar-refractivity contribution in [2.75, 3.05) is 164 Å². The maximum atomic E-state index is 15.4. The fraction of sp³-hybridized carbons (Fsp3) is 0.753. The first kappa shape index (κ1) is 110. The number of hydrogen-bond donors (Lipinski definition) is 8. The van der Waals surface area contributed by atoms with Crippen molar-refractivity contribution < 1.29 is 168 Å². The van der Waals surface area contributed by atoms with Gasteiger partial charge < -0.3 is 129 Å². The SMILES string of the molecule is C.CC(CC(C(=O)O)C(C(=O)OCC(O)CO)C(CC(C(=O)O)C(C)C(=O)OCC(O)COC(COC(=O)C(C)(CC(C)(CC(C)(CC(C)(CC(C)(C)C)C(=O)OCC(O)C[N+](C)(C)C)C(=O)OCC(O)C[N+](C)(C)C)C(=O)OCC(O)C[N+](C)(C)C)C(C)(C)C)C[N+](C)(C)C)c1ccccc1)c1ccccc1.[Cl-].[Cl-].[Cl-]. The molecule has 644 valence electrons. The van der Waals surface area contributed by atoms with Crippen LogP contribution in [0.15, 0.2) is 60.7 Å². The van der Waals surface area contributed by atoms with Gasteiger partial charge in [0.1, 0.15) is 102 Å². The van der Waals surface area contributed by atoms with Gasteiger partial charge in [0.25, 0.3) is 0 Å². The summed E-state index contributed by atoms with van der Waals surface area (Å²) in [6.45, 7) is 17.0. The van der Waals surface area contributed by atoms with Crippen LogP contribution in [0.25, 0.3) is 0 Å². The highest BCUT2D eigenvalue weighted by molar-refractivity contribution is 5.85. The Hall–Kier alpha value is -5.37. The third-order valence-corrected chi connectivity index (χ3v) is 19.5. The molecule has 0 heterocycles. The Labute approximate surface area is 680 Å². The van der Waals surface area contributed by atoms with E-state index in [1.165, 1.54) is 6.92 Å². The molecule has 0 amide bonds. The second kappa shape index (κ2) is 46.4. The van der Waals surface area contributed by atoms with E-state index in [0.29, 0.717) is 19.0 Å². The molecule has 111 heavy (non-hydrogen) atoms. The minimum absolute atomic E-state index is 0. The highest BCUT2D eigenvalue weighted by Crippen LogP contribution is 2.55. The number of esters is 6. The molecule has 0 fully saturated rings. The lowest BCUT2D eigenvalue weighted by Gasteiger charge is -2.47. The van der Waals surface area contributed by atoms with Crippen molar-refractivity contribution in [3.63, 3.8) is 0 Å². The summed E-state index contributed by atoms with van der Waals surface area (Å²) in [5.74, 6) is -16.2. The average Bonchev–Trinajstić information content (AvgIpc) is 0.751. The van der Waals surface area contributed by atoms with E-state index >= 15 is 14.4 Å². The van der Waals surface area contributed by atoms with Crippen molar-refractivity contribution in [3.05, 3.63) is 71.8 Å². The van der Waals surface area contributed by atoms with Crippen LogP contribution in [0.1, 0.15) is 152 Å². The van der Waals surface area contributed by atoms with E-state index in [1.54, 1.807) is 116 Å². The average molecular weight is 1650 g/mol. The van der Waals surface area contributed by atoms with Crippen molar-refractivity contribution >= 4 is 47.8 Å². The van der Waals surface area contributed by atoms with Gasteiger partial charge in [0.05, 0.1) is 143 Å². The Morgan fingerprint density at radius 3 is 1.13 bits per heavy atom. The van der Waals surface area contributed by atoms with Gasteiger partial charge in [0.2, 0.25) is 0 Å². The third kappa shape index (κ3) is 38.8. The molecule has 30 heteroatoms. The zero-order valence-electron chi connectivity index (χ0n) is 70.1. The molecule has 0 aliphatic carbocycles. The first-order valence-electron chi connectivity index (χ1n) is 37.1. The van der Waals surface area contributed by atoms with Crippen molar-refractivity contribution in [1.82, 2.24) is 0 Å². The van der Waals surface area contributed by atoms with E-state index in [-0.39, 0.29) is 108 Å². The minimum Gasteiger partial charge on any atom is -1.00 e. The number of quaternary nitrogens is 4. The second-order valence-corrected chi connectivity index (χ2v) is 37.5. The first-order chi connectivity index (χ1) is 48.7. The largest absolute Gasteiger partial charge is 1.00 e. The minimum atomic E-state index is -1.86. The highest BCUT2D eigenvalue weighted by atomic mass is 35.5. The van der Waals surface area contributed by atoms with Gasteiger partial charge in [-0.3, -0.25) is 38.4 Å². The summed E-state index contributed by atoms with van der Waals surface area (Å²) in [7, 11) is 22.3. The summed E-state index contributed by atoms with van der Waals surface area (Å²) < 4.78 is 42.9. The van der Waals surface area contributed by atoms with E-state index in [9.17, 15) is 64.8 Å². The monoisotopic (exact) mass is 1640 g/mol. The Balaban J connectivity index is -0.0000292. The number of aliphatic hydroxyl groups is 6. The quantitative estimate of drug-likeness (QED) is 0.0194. The van der Waals surface area contributed by atoms with Crippen LogP contribution in [-0.4, -0.2) is 307 Å². The molecule has 2 aromatic rings. The van der Waals surface area contributed by atoms with Crippen LogP contribution in [-0.2, 0) is 71.5 Å². The van der Waals surface area contributed by atoms with E-state index in [2.05, 4.69) is 0 Å². The molecule has 16 unspecified atom stereocenters. The van der Waals surface area contributed by atoms with Gasteiger partial charge in [-0.15, -0.1) is 0 Å². The van der Waals surface area contributed by atoms with Crippen LogP contribution in [0.4, 0.5) is 0 Å². The zero-order valence-corrected chi connectivity index (χ0v) is 72.3. The first-order valence-corrected chi connectivity index (χ1v) is 37.1. The lowest BCUT2D eigenvalue weighted by atomic mass is 9.56. The van der Waals surface area contributed by atoms with E-state index in [0.717, 1.165) is 5.56 Å². The molecule has 0 aliphatic rings. The topological polar surface area (TPSA) is 363 Å². The van der Waals surface area contributed by atoms with Crippen molar-refractivity contribution in [1.29, 1.82) is 0 Å². The van der Waals surface area contributed by atoms with E-state index in [4.69, 9.17) is 33.2 Å². The highest BCUT2D eigenvalue weighted by Gasteiger charge is 2.58. The number of carboxylic acid groups (broad SMARTS) is 2. The molecule has 0 spiro atoms. The lowest BCUT2D eigenvalue weighted by molar-refractivity contribution is -0.873. The summed E-state index contributed by atoms with van der Waals surface area (Å²) in [6.07, 6.45) is -8.90. The fourth-order valence-electron chi connectivity index (χ4n) is 14.5. The van der Waals surface area contributed by atoms with Crippen LogP contribution in [0.3, 0.4) is 0 Å². The van der Waals surface area contributed by atoms with Gasteiger partial charge in [0, 0.05) is 0 Å². The maximum Gasteiger partial charge on any atom is 0.312 e. The predicted octanol–water partition coefficient (Wildman–Crippen LogP) is -2.40. The number of ether oxygens (including phenoxy) is 7. The van der Waals surface area contributed by atoms with E-state index < -0.39 is 211 Å². The number of rotatable bonds is 48. The number of hydrogen-bond acceptors (Lipinski definition) is 21. The summed E-state index contributed by atoms with van der Waals surface area (Å²) in [4.78, 5) is 116. The molecule has 0 aromatic heterocycles. The Morgan fingerprint density at radius 1 is 0.405 bits per heavy atom. The molecule has 2 rings (SSSR count). The summed E-state index contributed by atoms with van der Waals surface area (Å²) >= 11 is 0. The maximum absolute atomic E-state index is 15.4. The summed E-state index contributed by atoms with van der Waals surface area (Å²) in [6, 6.07) is 17.1. The number of carbonyl (C=O) groups excluding carboxylic acids is 6. The summed E-state index contributed by atoms with van der Waals surface area (Å²) in [5, 5.41) is 86.6. The molecule has 16 atom stereocenters. The number of nitrogens with zero attached hydrogens (tertiary/aromatic N) is 4. The zero-order chi connectivity index (χ0) is 82.5. The molecule has 8 N–H and O–H groups in total. The molecule has 0 saturated carbocycles. The standard InChI is InChI=1S/C80H136N4O23.CH4.3ClH/c1-53(55-31-27-25-28-32-55)35-65(68(93)94)66(70(96)103-45-60(89)41-85)64(56-33-29-26-30-34-56)36-63(67(91)92)54(2)69(95)102-47-61(90)46-101-62(40-84(22,23)24)48-107-74(100)80(12,76(6,7)8)52-79(11,73(99)106-44-59(88)39-83(19,20)21)51-78(10,72(98)105-43-58(87)38-82(16,17)18)50-77(9,49-75(3,4)5)71(97)104-42-57(86)37-81(13,14)15;;;;/h25-34,53-54,57-66,85-90H,35-52H2,1-24H3;1H4;3*1H/q+2;;;;/p-1. The van der Waals surface area contributed by atoms with Gasteiger partial charge in [-0.1, -0.05) is 123 Å². The van der Waals surface area contributed by atoms with Gasteiger partial charge in [-0.05, 0) is 100 Å². The second-order valence-electron chi connectivity index (χ2n) is 37.5. The Bertz CT molecular complexity index is 3150. The molecule has 2 aromatic carbocycles. The van der Waals surface area contributed by atoms with Crippen molar-refractivity contribution in [3.8, 4) is 0 Å². The number of carbonyl (C=O) groups is 8. The molecule has 0 bridgehead atoms. The van der Waals surface area contributed by atoms with Gasteiger partial charge in [-0.2, -0.15) is 0 Å². The normalized spacial score (nSPS) is 17.7. The number of aliphatic carboxylic acids is 2. The lowest BCUT2D eigenvalue weighted by Crippen LogP contribution is -3.00. The predicted molar refractivity (Wildman–Crippen MR) is 409 cm³/mol. The molecule has 0 radical (unpaired) electrons. The number of aliphatic hydroxyl groups excluding tert-OH is 6. The summed E-state index contributed by atoms with van der Waals surface area (Å²) in [5.41, 5.74) is -7.37. The number of carboxylic acids is 2. The number of halogens is 3. The van der Waals surface area contributed by atoms with Crippen molar-refractivity contribution in [2.45, 2.75) is 177 Å². The number of likely N-dealkylation sites (N-methyl/N-ethyl adjacent to an activating group) is 4.